The van der Waals surface area contributed by atoms with Gasteiger partial charge in [0.2, 0.25) is 5.91 Å². The van der Waals surface area contributed by atoms with Gasteiger partial charge in [0.25, 0.3) is 0 Å². The molecule has 0 aromatic heterocycles. The van der Waals surface area contributed by atoms with Crippen molar-refractivity contribution in [3.05, 3.63) is 40.6 Å². The van der Waals surface area contributed by atoms with E-state index in [0.29, 0.717) is 11.8 Å². The number of aldehydes is 1. The standard InChI is InChI=1S/C18H23BFNO4/c1-12(23)21-10-15(19-24-17(2,3)18(4,5)25-19)9-13-7-6-8-14(11-22)16(13)20/h6-9,11H,10H2,1-5H3,(H,21,23). The lowest BCUT2D eigenvalue weighted by atomic mass is 9.76. The van der Waals surface area contributed by atoms with Crippen molar-refractivity contribution in [2.75, 3.05) is 6.54 Å². The first-order chi connectivity index (χ1) is 11.6. The molecule has 0 bridgehead atoms. The highest BCUT2D eigenvalue weighted by atomic mass is 19.1. The molecule has 1 amide bonds. The van der Waals surface area contributed by atoms with Gasteiger partial charge in [0.15, 0.2) is 6.29 Å². The molecule has 1 aromatic rings. The number of nitrogens with one attached hydrogen (secondary N) is 1. The highest BCUT2D eigenvalue weighted by molar-refractivity contribution is 6.56. The van der Waals surface area contributed by atoms with Crippen LogP contribution in [0.25, 0.3) is 6.08 Å². The van der Waals surface area contributed by atoms with Gasteiger partial charge in [-0.3, -0.25) is 9.59 Å². The van der Waals surface area contributed by atoms with Gasteiger partial charge >= 0.3 is 7.12 Å². The molecule has 1 aliphatic rings. The van der Waals surface area contributed by atoms with E-state index in [1.165, 1.54) is 13.0 Å². The van der Waals surface area contributed by atoms with E-state index < -0.39 is 24.1 Å². The lowest BCUT2D eigenvalue weighted by Gasteiger charge is -2.32. The molecule has 1 aromatic carbocycles. The minimum Gasteiger partial charge on any atom is -0.400 e. The Bertz CT molecular complexity index is 699. The number of hydrogen-bond donors (Lipinski definition) is 1. The summed E-state index contributed by atoms with van der Waals surface area (Å²) in [6.07, 6.45) is 2.02. The Morgan fingerprint density at radius 2 is 1.76 bits per heavy atom. The topological polar surface area (TPSA) is 64.6 Å². The van der Waals surface area contributed by atoms with Crippen molar-refractivity contribution in [3.8, 4) is 0 Å². The maximum atomic E-state index is 14.4. The minimum absolute atomic E-state index is 0.0263. The molecule has 0 spiro atoms. The molecule has 1 heterocycles. The molecule has 5 nitrogen and oxygen atoms in total. The van der Waals surface area contributed by atoms with E-state index in [-0.39, 0.29) is 23.6 Å². The normalized spacial score (nSPS) is 19.0. The summed E-state index contributed by atoms with van der Waals surface area (Å²) in [5.41, 5.74) is -0.344. The van der Waals surface area contributed by atoms with Crippen LogP contribution in [0.5, 0.6) is 0 Å². The molecule has 1 aliphatic heterocycles. The van der Waals surface area contributed by atoms with E-state index in [4.69, 9.17) is 9.31 Å². The third-order valence-corrected chi connectivity index (χ3v) is 4.62. The van der Waals surface area contributed by atoms with Crippen LogP contribution in [-0.2, 0) is 14.1 Å². The molecular formula is C18H23BFNO4. The van der Waals surface area contributed by atoms with Crippen LogP contribution in [0.1, 0.15) is 50.5 Å². The first-order valence-corrected chi connectivity index (χ1v) is 8.11. The third-order valence-electron chi connectivity index (χ3n) is 4.62. The smallest absolute Gasteiger partial charge is 0.400 e. The Labute approximate surface area is 147 Å². The van der Waals surface area contributed by atoms with Crippen LogP contribution < -0.4 is 5.32 Å². The van der Waals surface area contributed by atoms with Crippen LogP contribution in [0.2, 0.25) is 0 Å². The van der Waals surface area contributed by atoms with Crippen molar-refractivity contribution < 1.29 is 23.3 Å². The number of carbonyl (C=O) groups excluding carboxylic acids is 2. The molecule has 25 heavy (non-hydrogen) atoms. The van der Waals surface area contributed by atoms with Crippen molar-refractivity contribution in [2.45, 2.75) is 45.8 Å². The molecule has 1 saturated heterocycles. The van der Waals surface area contributed by atoms with E-state index in [1.807, 2.05) is 27.7 Å². The lowest BCUT2D eigenvalue weighted by molar-refractivity contribution is -0.118. The number of benzene rings is 1. The molecule has 134 valence electrons. The maximum Gasteiger partial charge on any atom is 0.492 e. The largest absolute Gasteiger partial charge is 0.492 e. The molecular weight excluding hydrogens is 324 g/mol. The maximum absolute atomic E-state index is 14.4. The second kappa shape index (κ2) is 7.10. The summed E-state index contributed by atoms with van der Waals surface area (Å²) >= 11 is 0. The number of halogens is 1. The molecule has 7 heteroatoms. The second-order valence-corrected chi connectivity index (χ2v) is 7.09. The lowest BCUT2D eigenvalue weighted by Crippen LogP contribution is -2.41. The van der Waals surface area contributed by atoms with E-state index in [0.717, 1.165) is 0 Å². The highest BCUT2D eigenvalue weighted by Gasteiger charge is 2.52. The SMILES string of the molecule is CC(=O)NCC(=Cc1cccc(C=O)c1F)B1OC(C)(C)C(C)(C)O1. The second-order valence-electron chi connectivity index (χ2n) is 7.09. The van der Waals surface area contributed by atoms with Crippen LogP contribution in [0.4, 0.5) is 4.39 Å². The van der Waals surface area contributed by atoms with Gasteiger partial charge in [-0.1, -0.05) is 18.2 Å². The zero-order chi connectivity index (χ0) is 18.8. The summed E-state index contributed by atoms with van der Waals surface area (Å²) in [4.78, 5) is 22.2. The third kappa shape index (κ3) is 4.17. The number of amides is 1. The summed E-state index contributed by atoms with van der Waals surface area (Å²) in [7, 11) is -0.726. The predicted molar refractivity (Wildman–Crippen MR) is 94.5 cm³/mol. The summed E-state index contributed by atoms with van der Waals surface area (Å²) in [5, 5.41) is 2.69. The van der Waals surface area contributed by atoms with Crippen LogP contribution in [0, 0.1) is 5.82 Å². The van der Waals surface area contributed by atoms with Gasteiger partial charge in [-0.05, 0) is 39.2 Å². The van der Waals surface area contributed by atoms with Crippen molar-refractivity contribution in [3.63, 3.8) is 0 Å². The van der Waals surface area contributed by atoms with Crippen molar-refractivity contribution in [1.29, 1.82) is 0 Å². The van der Waals surface area contributed by atoms with E-state index >= 15 is 0 Å². The van der Waals surface area contributed by atoms with Gasteiger partial charge in [-0.2, -0.15) is 0 Å². The fourth-order valence-corrected chi connectivity index (χ4v) is 2.39. The molecule has 1 N–H and O–H groups in total. The quantitative estimate of drug-likeness (QED) is 0.657. The van der Waals surface area contributed by atoms with Crippen molar-refractivity contribution in [1.82, 2.24) is 5.32 Å². The van der Waals surface area contributed by atoms with Gasteiger partial charge in [0.05, 0.1) is 16.8 Å². The molecule has 0 atom stereocenters. The molecule has 0 aliphatic carbocycles. The first-order valence-electron chi connectivity index (χ1n) is 8.11. The first kappa shape index (κ1) is 19.3. The van der Waals surface area contributed by atoms with E-state index in [9.17, 15) is 14.0 Å². The summed E-state index contributed by atoms with van der Waals surface area (Å²) in [6.45, 7) is 9.20. The van der Waals surface area contributed by atoms with E-state index in [1.54, 1.807) is 18.2 Å². The van der Waals surface area contributed by atoms with Gasteiger partial charge in [-0.25, -0.2) is 4.39 Å². The highest BCUT2D eigenvalue weighted by Crippen LogP contribution is 2.38. The van der Waals surface area contributed by atoms with Crippen LogP contribution >= 0.6 is 0 Å². The number of hydrogen-bond acceptors (Lipinski definition) is 4. The van der Waals surface area contributed by atoms with Gasteiger partial charge in [0.1, 0.15) is 5.82 Å². The average Bonchev–Trinajstić information content (AvgIpc) is 2.73. The number of carbonyl (C=O) groups is 2. The summed E-state index contributed by atoms with van der Waals surface area (Å²) in [6, 6.07) is 4.56. The Morgan fingerprint density at radius 3 is 2.28 bits per heavy atom. The minimum atomic E-state index is -0.726. The predicted octanol–water partition coefficient (Wildman–Crippen LogP) is 2.79. The Hall–Kier alpha value is -1.99. The molecule has 0 unspecified atom stereocenters. The van der Waals surface area contributed by atoms with Gasteiger partial charge in [-0.15, -0.1) is 0 Å². The fraction of sp³-hybridized carbons (Fsp3) is 0.444. The Morgan fingerprint density at radius 1 is 1.20 bits per heavy atom. The van der Waals surface area contributed by atoms with Crippen molar-refractivity contribution >= 4 is 25.4 Å². The molecule has 1 fully saturated rings. The monoisotopic (exact) mass is 347 g/mol. The Balaban J connectivity index is 2.40. The van der Waals surface area contributed by atoms with E-state index in [2.05, 4.69) is 5.32 Å². The van der Waals surface area contributed by atoms with Crippen LogP contribution in [0.15, 0.2) is 23.7 Å². The molecule has 0 saturated carbocycles. The average molecular weight is 347 g/mol. The zero-order valence-electron chi connectivity index (χ0n) is 15.2. The van der Waals surface area contributed by atoms with Gasteiger partial charge in [0, 0.05) is 19.0 Å². The summed E-state index contributed by atoms with van der Waals surface area (Å²) < 4.78 is 26.4. The summed E-state index contributed by atoms with van der Waals surface area (Å²) in [5.74, 6) is -0.834. The molecule has 0 radical (unpaired) electrons. The zero-order valence-corrected chi connectivity index (χ0v) is 15.2. The van der Waals surface area contributed by atoms with Crippen molar-refractivity contribution in [2.24, 2.45) is 0 Å². The molecule has 2 rings (SSSR count). The van der Waals surface area contributed by atoms with Gasteiger partial charge < -0.3 is 14.6 Å². The number of rotatable bonds is 5. The Kier molecular flexibility index (Phi) is 5.49. The van der Waals surface area contributed by atoms with Crippen LogP contribution in [-0.4, -0.2) is 37.1 Å². The fourth-order valence-electron chi connectivity index (χ4n) is 2.39. The van der Waals surface area contributed by atoms with Crippen LogP contribution in [0.3, 0.4) is 0 Å².